The molecule has 0 aliphatic rings. The normalized spacial score (nSPS) is 9.85. The van der Waals surface area contributed by atoms with Crippen molar-refractivity contribution in [3.05, 3.63) is 59.1 Å². The summed E-state index contributed by atoms with van der Waals surface area (Å²) in [5.74, 6) is -1.36. The molecule has 2 rings (SSSR count). The van der Waals surface area contributed by atoms with E-state index in [2.05, 4.69) is 10.6 Å². The van der Waals surface area contributed by atoms with E-state index < -0.39 is 12.0 Å². The van der Waals surface area contributed by atoms with Crippen LogP contribution in [0.5, 0.6) is 0 Å². The number of anilines is 2. The van der Waals surface area contributed by atoms with Crippen LogP contribution < -0.4 is 15.7 Å². The smallest absolute Gasteiger partial charge is 0.323 e. The van der Waals surface area contributed by atoms with Crippen molar-refractivity contribution in [2.24, 2.45) is 0 Å². The summed E-state index contributed by atoms with van der Waals surface area (Å²) < 4.78 is 0. The molecule has 2 amide bonds. The first-order chi connectivity index (χ1) is 9.56. The Kier molecular flexibility index (Phi) is 4.22. The number of carbonyl (C=O) groups excluding carboxylic acids is 2. The largest absolute Gasteiger partial charge is 0.545 e. The minimum absolute atomic E-state index is 0.0891. The maximum Gasteiger partial charge on any atom is 0.323 e. The van der Waals surface area contributed by atoms with Crippen molar-refractivity contribution in [1.82, 2.24) is 0 Å². The van der Waals surface area contributed by atoms with Crippen LogP contribution in [-0.2, 0) is 0 Å². The minimum atomic E-state index is -1.36. The molecule has 20 heavy (non-hydrogen) atoms. The summed E-state index contributed by atoms with van der Waals surface area (Å²) in [7, 11) is 0. The van der Waals surface area contributed by atoms with Crippen LogP contribution in [-0.4, -0.2) is 12.0 Å². The van der Waals surface area contributed by atoms with Gasteiger partial charge in [0.25, 0.3) is 0 Å². The Balaban J connectivity index is 2.11. The second-order valence-corrected chi connectivity index (χ2v) is 4.36. The highest BCUT2D eigenvalue weighted by Gasteiger charge is 2.07. The van der Waals surface area contributed by atoms with Crippen LogP contribution in [0.3, 0.4) is 0 Å². The van der Waals surface area contributed by atoms with Gasteiger partial charge in [0.1, 0.15) is 0 Å². The van der Waals surface area contributed by atoms with Gasteiger partial charge in [-0.2, -0.15) is 0 Å². The topological polar surface area (TPSA) is 81.3 Å². The molecular weight excluding hydrogens is 280 g/mol. The van der Waals surface area contributed by atoms with Crippen molar-refractivity contribution in [3.8, 4) is 0 Å². The number of urea groups is 1. The van der Waals surface area contributed by atoms with E-state index in [9.17, 15) is 14.7 Å². The Morgan fingerprint density at radius 3 is 2.45 bits per heavy atom. The van der Waals surface area contributed by atoms with Gasteiger partial charge in [-0.1, -0.05) is 35.9 Å². The molecule has 2 aromatic carbocycles. The Hall–Kier alpha value is -2.53. The first kappa shape index (κ1) is 13.9. The number of benzene rings is 2. The number of carbonyl (C=O) groups is 2. The molecule has 5 nitrogen and oxygen atoms in total. The molecule has 6 heteroatoms. The number of rotatable bonds is 3. The van der Waals surface area contributed by atoms with Crippen LogP contribution >= 0.6 is 11.6 Å². The fourth-order valence-corrected chi connectivity index (χ4v) is 1.81. The van der Waals surface area contributed by atoms with Crippen LogP contribution in [0.2, 0.25) is 5.02 Å². The van der Waals surface area contributed by atoms with Gasteiger partial charge in [0.15, 0.2) is 0 Å². The second kappa shape index (κ2) is 6.08. The van der Waals surface area contributed by atoms with Gasteiger partial charge in [0, 0.05) is 16.3 Å². The first-order valence-electron chi connectivity index (χ1n) is 5.70. The summed E-state index contributed by atoms with van der Waals surface area (Å²) >= 11 is 5.80. The van der Waals surface area contributed by atoms with Gasteiger partial charge < -0.3 is 20.5 Å². The number of hydrogen-bond acceptors (Lipinski definition) is 3. The number of amides is 2. The maximum atomic E-state index is 11.8. The lowest BCUT2D eigenvalue weighted by atomic mass is 10.2. The number of carboxylic acid groups (broad SMARTS) is 1. The fraction of sp³-hybridized carbons (Fsp3) is 0. The van der Waals surface area contributed by atoms with E-state index in [0.717, 1.165) is 0 Å². The van der Waals surface area contributed by atoms with Gasteiger partial charge in [-0.05, 0) is 24.3 Å². The summed E-state index contributed by atoms with van der Waals surface area (Å²) in [5, 5.41) is 16.4. The predicted octanol–water partition coefficient (Wildman–Crippen LogP) is 2.35. The zero-order valence-electron chi connectivity index (χ0n) is 10.2. The highest BCUT2D eigenvalue weighted by molar-refractivity contribution is 6.30. The van der Waals surface area contributed by atoms with Crippen LogP contribution in [0.15, 0.2) is 48.5 Å². The number of hydrogen-bond donors (Lipinski definition) is 2. The van der Waals surface area contributed by atoms with E-state index in [1.54, 1.807) is 36.4 Å². The highest BCUT2D eigenvalue weighted by atomic mass is 35.5. The molecule has 2 N–H and O–H groups in total. The van der Waals surface area contributed by atoms with Gasteiger partial charge in [0.2, 0.25) is 0 Å². The molecule has 0 spiro atoms. The molecule has 0 radical (unpaired) electrons. The summed E-state index contributed by atoms with van der Waals surface area (Å²) in [6.45, 7) is 0. The molecule has 0 heterocycles. The van der Waals surface area contributed by atoms with E-state index in [1.807, 2.05) is 0 Å². The summed E-state index contributed by atoms with van der Waals surface area (Å²) in [6, 6.07) is 12.0. The maximum absolute atomic E-state index is 11.8. The quantitative estimate of drug-likeness (QED) is 0.910. The molecule has 0 fully saturated rings. The molecule has 0 aromatic heterocycles. The van der Waals surface area contributed by atoms with Gasteiger partial charge in [-0.15, -0.1) is 0 Å². The van der Waals surface area contributed by atoms with Crippen molar-refractivity contribution in [2.75, 3.05) is 10.6 Å². The number of carboxylic acids is 1. The van der Waals surface area contributed by atoms with Gasteiger partial charge in [-0.3, -0.25) is 0 Å². The molecule has 0 aliphatic carbocycles. The lowest BCUT2D eigenvalue weighted by molar-refractivity contribution is -0.254. The monoisotopic (exact) mass is 289 g/mol. The molecule has 102 valence electrons. The number of nitrogens with one attached hydrogen (secondary N) is 2. The highest BCUT2D eigenvalue weighted by Crippen LogP contribution is 2.17. The summed E-state index contributed by atoms with van der Waals surface area (Å²) in [6.07, 6.45) is 0. The van der Waals surface area contributed by atoms with Crippen LogP contribution in [0, 0.1) is 0 Å². The standard InChI is InChI=1S/C14H11ClN2O3/c15-9-4-3-5-10(8-9)16-14(20)17-12-7-2-1-6-11(12)13(18)19/h1-8H,(H,18,19)(H2,16,17,20)/p-1. The predicted molar refractivity (Wildman–Crippen MR) is 74.9 cm³/mol. The number of para-hydroxylation sites is 1. The number of aromatic carboxylic acids is 1. The fourth-order valence-electron chi connectivity index (χ4n) is 1.62. The SMILES string of the molecule is O=C(Nc1cccc(Cl)c1)Nc1ccccc1C(=O)[O-]. The average Bonchev–Trinajstić information content (AvgIpc) is 2.38. The second-order valence-electron chi connectivity index (χ2n) is 3.92. The van der Waals surface area contributed by atoms with E-state index in [-0.39, 0.29) is 11.3 Å². The van der Waals surface area contributed by atoms with Crippen LogP contribution in [0.1, 0.15) is 10.4 Å². The third-order valence-electron chi connectivity index (χ3n) is 2.48. The molecule has 2 aromatic rings. The lowest BCUT2D eigenvalue weighted by Gasteiger charge is -2.12. The molecule has 0 saturated heterocycles. The third kappa shape index (κ3) is 3.49. The summed E-state index contributed by atoms with van der Waals surface area (Å²) in [4.78, 5) is 22.7. The van der Waals surface area contributed by atoms with E-state index in [4.69, 9.17) is 11.6 Å². The Morgan fingerprint density at radius 1 is 1.00 bits per heavy atom. The van der Waals surface area contributed by atoms with Crippen molar-refractivity contribution in [3.63, 3.8) is 0 Å². The molecule has 0 bridgehead atoms. The molecule has 0 aliphatic heterocycles. The third-order valence-corrected chi connectivity index (χ3v) is 2.71. The molecular formula is C14H10ClN2O3-. The Bertz CT molecular complexity index is 658. The van der Waals surface area contributed by atoms with E-state index >= 15 is 0 Å². The van der Waals surface area contributed by atoms with Crippen molar-refractivity contribution >= 4 is 35.0 Å². The van der Waals surface area contributed by atoms with Crippen LogP contribution in [0.4, 0.5) is 16.2 Å². The van der Waals surface area contributed by atoms with Crippen molar-refractivity contribution in [2.45, 2.75) is 0 Å². The average molecular weight is 290 g/mol. The van der Waals surface area contributed by atoms with Gasteiger partial charge in [-0.25, -0.2) is 4.79 Å². The lowest BCUT2D eigenvalue weighted by Crippen LogP contribution is -2.26. The zero-order chi connectivity index (χ0) is 14.5. The van der Waals surface area contributed by atoms with Gasteiger partial charge in [0.05, 0.1) is 11.7 Å². The van der Waals surface area contributed by atoms with Crippen molar-refractivity contribution in [1.29, 1.82) is 0 Å². The van der Waals surface area contributed by atoms with E-state index in [1.165, 1.54) is 12.1 Å². The van der Waals surface area contributed by atoms with Gasteiger partial charge >= 0.3 is 6.03 Å². The Labute approximate surface area is 120 Å². The molecule has 0 saturated carbocycles. The first-order valence-corrected chi connectivity index (χ1v) is 6.08. The van der Waals surface area contributed by atoms with Crippen molar-refractivity contribution < 1.29 is 14.7 Å². The number of halogens is 1. The molecule has 0 atom stereocenters. The van der Waals surface area contributed by atoms with Crippen LogP contribution in [0.25, 0.3) is 0 Å². The molecule has 0 unspecified atom stereocenters. The zero-order valence-corrected chi connectivity index (χ0v) is 11.0. The Morgan fingerprint density at radius 2 is 1.75 bits per heavy atom. The minimum Gasteiger partial charge on any atom is -0.545 e. The summed E-state index contributed by atoms with van der Waals surface area (Å²) in [5.41, 5.74) is 0.571. The van der Waals surface area contributed by atoms with E-state index in [0.29, 0.717) is 10.7 Å².